The van der Waals surface area contributed by atoms with Crippen LogP contribution in [0.2, 0.25) is 5.02 Å². The average Bonchev–Trinajstić information content (AvgIpc) is 2.87. The summed E-state index contributed by atoms with van der Waals surface area (Å²) in [5.74, 6) is 0.712. The van der Waals surface area contributed by atoms with Gasteiger partial charge in [-0.15, -0.1) is 0 Å². The molecular formula is C13H17ClN2O2. The lowest BCUT2D eigenvalue weighted by Gasteiger charge is -2.14. The molecule has 1 fully saturated rings. The molecule has 0 spiro atoms. The Bertz CT molecular complexity index is 457. The molecule has 1 heterocycles. The Morgan fingerprint density at radius 3 is 2.94 bits per heavy atom. The van der Waals surface area contributed by atoms with Crippen molar-refractivity contribution in [2.75, 3.05) is 25.5 Å². The van der Waals surface area contributed by atoms with Crippen LogP contribution in [0.3, 0.4) is 0 Å². The number of anilines is 1. The molecule has 1 amide bonds. The van der Waals surface area contributed by atoms with Crippen molar-refractivity contribution in [1.29, 1.82) is 0 Å². The summed E-state index contributed by atoms with van der Waals surface area (Å²) in [5.41, 5.74) is 1.69. The first kappa shape index (κ1) is 13.2. The van der Waals surface area contributed by atoms with E-state index in [0.29, 0.717) is 10.8 Å². The number of nitrogens with one attached hydrogen (secondary N) is 2. The van der Waals surface area contributed by atoms with E-state index in [2.05, 4.69) is 10.6 Å². The van der Waals surface area contributed by atoms with Gasteiger partial charge in [0.25, 0.3) is 0 Å². The standard InChI is InChI=1S/C13H17ClN2O2/c1-8-5-12(18-2)10(14)6-11(8)16-13(17)9-3-4-15-7-9/h5-6,9,15H,3-4,7H2,1-2H3,(H,16,17). The van der Waals surface area contributed by atoms with Crippen LogP contribution in [0.1, 0.15) is 12.0 Å². The smallest absolute Gasteiger partial charge is 0.228 e. The lowest BCUT2D eigenvalue weighted by molar-refractivity contribution is -0.119. The Hall–Kier alpha value is -1.26. The van der Waals surface area contributed by atoms with E-state index in [4.69, 9.17) is 16.3 Å². The molecule has 0 aliphatic carbocycles. The molecular weight excluding hydrogens is 252 g/mol. The Labute approximate surface area is 112 Å². The molecule has 0 radical (unpaired) electrons. The molecule has 18 heavy (non-hydrogen) atoms. The molecule has 2 rings (SSSR count). The van der Waals surface area contributed by atoms with Crippen molar-refractivity contribution in [3.8, 4) is 5.75 Å². The van der Waals surface area contributed by atoms with E-state index in [-0.39, 0.29) is 11.8 Å². The van der Waals surface area contributed by atoms with Gasteiger partial charge in [0.15, 0.2) is 0 Å². The molecule has 1 aromatic rings. The van der Waals surface area contributed by atoms with Crippen LogP contribution >= 0.6 is 11.6 Å². The summed E-state index contributed by atoms with van der Waals surface area (Å²) in [6, 6.07) is 3.56. The number of amides is 1. The van der Waals surface area contributed by atoms with Crippen LogP contribution in [0.5, 0.6) is 5.75 Å². The normalized spacial score (nSPS) is 18.7. The molecule has 0 aromatic heterocycles. The van der Waals surface area contributed by atoms with Gasteiger partial charge in [-0.05, 0) is 37.6 Å². The second kappa shape index (κ2) is 5.59. The highest BCUT2D eigenvalue weighted by atomic mass is 35.5. The second-order valence-corrected chi connectivity index (χ2v) is 4.89. The van der Waals surface area contributed by atoms with E-state index in [0.717, 1.165) is 30.8 Å². The summed E-state index contributed by atoms with van der Waals surface area (Å²) in [7, 11) is 1.57. The Balaban J connectivity index is 2.13. The van der Waals surface area contributed by atoms with E-state index in [1.807, 2.05) is 13.0 Å². The lowest BCUT2D eigenvalue weighted by atomic mass is 10.1. The van der Waals surface area contributed by atoms with Crippen LogP contribution in [0.4, 0.5) is 5.69 Å². The van der Waals surface area contributed by atoms with Gasteiger partial charge in [-0.25, -0.2) is 0 Å². The molecule has 1 aliphatic rings. The molecule has 1 aliphatic heterocycles. The van der Waals surface area contributed by atoms with Crippen molar-refractivity contribution in [3.05, 3.63) is 22.7 Å². The van der Waals surface area contributed by atoms with Crippen molar-refractivity contribution in [3.63, 3.8) is 0 Å². The number of benzene rings is 1. The number of carbonyl (C=O) groups is 1. The minimum atomic E-state index is 0.0457. The SMILES string of the molecule is COc1cc(C)c(NC(=O)C2CCNC2)cc1Cl. The number of hydrogen-bond donors (Lipinski definition) is 2. The summed E-state index contributed by atoms with van der Waals surface area (Å²) in [4.78, 5) is 12.0. The van der Waals surface area contributed by atoms with E-state index >= 15 is 0 Å². The molecule has 1 aromatic carbocycles. The van der Waals surface area contributed by atoms with Crippen LogP contribution in [0.15, 0.2) is 12.1 Å². The predicted octanol–water partition coefficient (Wildman–Crippen LogP) is 2.21. The average molecular weight is 269 g/mol. The van der Waals surface area contributed by atoms with Crippen LogP contribution in [-0.2, 0) is 4.79 Å². The number of rotatable bonds is 3. The molecule has 0 bridgehead atoms. The first-order valence-electron chi connectivity index (χ1n) is 5.97. The van der Waals surface area contributed by atoms with Crippen LogP contribution in [0, 0.1) is 12.8 Å². The van der Waals surface area contributed by atoms with Gasteiger partial charge in [0, 0.05) is 12.2 Å². The topological polar surface area (TPSA) is 50.4 Å². The minimum absolute atomic E-state index is 0.0457. The third-order valence-electron chi connectivity index (χ3n) is 3.19. The number of ether oxygens (including phenoxy) is 1. The fourth-order valence-corrected chi connectivity index (χ4v) is 2.30. The van der Waals surface area contributed by atoms with Crippen molar-refractivity contribution < 1.29 is 9.53 Å². The maximum atomic E-state index is 12.0. The Kier molecular flexibility index (Phi) is 4.09. The molecule has 5 heteroatoms. The summed E-state index contributed by atoms with van der Waals surface area (Å²) >= 11 is 6.06. The maximum Gasteiger partial charge on any atom is 0.228 e. The fraction of sp³-hybridized carbons (Fsp3) is 0.462. The zero-order valence-corrected chi connectivity index (χ0v) is 11.3. The molecule has 1 saturated heterocycles. The van der Waals surface area contributed by atoms with Gasteiger partial charge in [0.1, 0.15) is 5.75 Å². The van der Waals surface area contributed by atoms with Crippen molar-refractivity contribution in [2.45, 2.75) is 13.3 Å². The van der Waals surface area contributed by atoms with Gasteiger partial charge in [0.05, 0.1) is 18.1 Å². The fourth-order valence-electron chi connectivity index (χ4n) is 2.06. The van der Waals surface area contributed by atoms with Crippen molar-refractivity contribution >= 4 is 23.2 Å². The third-order valence-corrected chi connectivity index (χ3v) is 3.48. The second-order valence-electron chi connectivity index (χ2n) is 4.48. The molecule has 1 unspecified atom stereocenters. The Morgan fingerprint density at radius 1 is 1.56 bits per heavy atom. The highest BCUT2D eigenvalue weighted by Gasteiger charge is 2.22. The van der Waals surface area contributed by atoms with Gasteiger partial charge in [-0.3, -0.25) is 4.79 Å². The lowest BCUT2D eigenvalue weighted by Crippen LogP contribution is -2.24. The molecule has 2 N–H and O–H groups in total. The highest BCUT2D eigenvalue weighted by Crippen LogP contribution is 2.30. The van der Waals surface area contributed by atoms with Gasteiger partial charge >= 0.3 is 0 Å². The maximum absolute atomic E-state index is 12.0. The monoisotopic (exact) mass is 268 g/mol. The van der Waals surface area contributed by atoms with Crippen LogP contribution in [-0.4, -0.2) is 26.1 Å². The van der Waals surface area contributed by atoms with E-state index in [1.165, 1.54) is 0 Å². The highest BCUT2D eigenvalue weighted by molar-refractivity contribution is 6.32. The third kappa shape index (κ3) is 2.76. The molecule has 4 nitrogen and oxygen atoms in total. The van der Waals surface area contributed by atoms with E-state index in [9.17, 15) is 4.79 Å². The summed E-state index contributed by atoms with van der Waals surface area (Å²) in [6.07, 6.45) is 0.884. The number of hydrogen-bond acceptors (Lipinski definition) is 3. The van der Waals surface area contributed by atoms with Crippen molar-refractivity contribution in [2.24, 2.45) is 5.92 Å². The molecule has 1 atom stereocenters. The van der Waals surface area contributed by atoms with Crippen LogP contribution in [0.25, 0.3) is 0 Å². The molecule has 98 valence electrons. The number of halogens is 1. The van der Waals surface area contributed by atoms with Crippen molar-refractivity contribution in [1.82, 2.24) is 5.32 Å². The zero-order valence-electron chi connectivity index (χ0n) is 10.5. The number of methoxy groups -OCH3 is 1. The van der Waals surface area contributed by atoms with Gasteiger partial charge in [-0.1, -0.05) is 11.6 Å². The number of carbonyl (C=O) groups excluding carboxylic acids is 1. The first-order chi connectivity index (χ1) is 8.61. The van der Waals surface area contributed by atoms with Gasteiger partial charge in [0.2, 0.25) is 5.91 Å². The largest absolute Gasteiger partial charge is 0.495 e. The van der Waals surface area contributed by atoms with E-state index in [1.54, 1.807) is 13.2 Å². The summed E-state index contributed by atoms with van der Waals surface area (Å²) in [6.45, 7) is 3.57. The van der Waals surface area contributed by atoms with E-state index < -0.39 is 0 Å². The van der Waals surface area contributed by atoms with Gasteiger partial charge in [-0.2, -0.15) is 0 Å². The van der Waals surface area contributed by atoms with Crippen LogP contribution < -0.4 is 15.4 Å². The van der Waals surface area contributed by atoms with Gasteiger partial charge < -0.3 is 15.4 Å². The number of aryl methyl sites for hydroxylation is 1. The first-order valence-corrected chi connectivity index (χ1v) is 6.35. The zero-order chi connectivity index (χ0) is 13.1. The summed E-state index contributed by atoms with van der Waals surface area (Å²) in [5, 5.41) is 6.60. The molecule has 0 saturated carbocycles. The quantitative estimate of drug-likeness (QED) is 0.884. The summed E-state index contributed by atoms with van der Waals surface area (Å²) < 4.78 is 5.13. The predicted molar refractivity (Wildman–Crippen MR) is 72.3 cm³/mol. The minimum Gasteiger partial charge on any atom is -0.495 e. The Morgan fingerprint density at radius 2 is 2.33 bits per heavy atom.